The Morgan fingerprint density at radius 2 is 0.776 bits per heavy atom. The number of anilines is 4. The molecule has 5 atom stereocenters. The third-order valence-electron chi connectivity index (χ3n) is 15.8. The van der Waals surface area contributed by atoms with Crippen molar-refractivity contribution in [2.45, 2.75) is 114 Å². The van der Waals surface area contributed by atoms with Crippen molar-refractivity contribution in [1.82, 2.24) is 26.3 Å². The molecular weight excluding hydrogens is 1260 g/mol. The quantitative estimate of drug-likeness (QED) is 0.0245. The number of aromatic amines is 1. The molecule has 30 heteroatoms. The van der Waals surface area contributed by atoms with Crippen molar-refractivity contribution in [2.24, 2.45) is 40.1 Å². The van der Waals surface area contributed by atoms with Gasteiger partial charge in [0.2, 0.25) is 29.5 Å². The van der Waals surface area contributed by atoms with E-state index >= 15 is 0 Å². The second kappa shape index (κ2) is 38.8. The van der Waals surface area contributed by atoms with E-state index in [-0.39, 0.29) is 107 Å². The standard InChI is InChI=1S/C68H90N16O14/c1-95-55-24-20-40(77-65(91)49(73)15-6-10-28-69)33-45(55)61(87)81-51(17-7-11-29-70)66(92)78-41-21-25-56(96-2)46(34-41)62(88)82-52(18-8-12-30-71)67(93)80-43-23-27-58(98-38-59(74)85)48(36-43)64(90)83-53(19-9-13-31-72)68(94)79-42-22-26-57(97-3)47(35-42)63(89)84-54(60(75)86)32-39-37-76-50-16-5-4-14-44(39)50/h4-5,14,16,20-27,33-37,49,51-54,76H,6-13,15,17-19,28-32,38,69-73H2,1-3H3,(H2,74,85)(H2,75,86)(H,77,91)(H,78,92)(H,79,94)(H,80,93)(H,81,87)(H,82,88)(H,83,90)(H,84,89)/t49-,51-,52-,53-,54-/m0/s1. The zero-order valence-electron chi connectivity index (χ0n) is 55.2. The number of benzene rings is 5. The summed E-state index contributed by atoms with van der Waals surface area (Å²) in [6.07, 6.45) is 6.39. The number of carbonyl (C=O) groups excluding carboxylic acids is 10. The largest absolute Gasteiger partial charge is 0.496 e. The van der Waals surface area contributed by atoms with Crippen LogP contribution in [0.4, 0.5) is 22.7 Å². The van der Waals surface area contributed by atoms with E-state index < -0.39 is 95.9 Å². The molecule has 6 rings (SSSR count). The number of nitrogens with two attached hydrogens (primary N) is 7. The molecule has 0 saturated heterocycles. The van der Waals surface area contributed by atoms with Crippen LogP contribution in [0.5, 0.6) is 23.0 Å². The van der Waals surface area contributed by atoms with Gasteiger partial charge in [-0.05, 0) is 181 Å². The zero-order chi connectivity index (χ0) is 71.3. The van der Waals surface area contributed by atoms with Crippen LogP contribution in [0, 0.1) is 0 Å². The smallest absolute Gasteiger partial charge is 0.255 e. The van der Waals surface area contributed by atoms with E-state index in [1.165, 1.54) is 88.1 Å². The first kappa shape index (κ1) is 76.4. The number of para-hydroxylation sites is 1. The van der Waals surface area contributed by atoms with Gasteiger partial charge in [0.1, 0.15) is 47.2 Å². The van der Waals surface area contributed by atoms with Crippen LogP contribution in [0.1, 0.15) is 124 Å². The number of primary amides is 2. The third kappa shape index (κ3) is 22.5. The van der Waals surface area contributed by atoms with Crippen molar-refractivity contribution in [3.05, 3.63) is 131 Å². The maximum absolute atomic E-state index is 14.5. The van der Waals surface area contributed by atoms with Gasteiger partial charge in [0.05, 0.1) is 49.6 Å². The molecule has 0 aliphatic carbocycles. The average Bonchev–Trinajstić information content (AvgIpc) is 1.20. The molecule has 30 nitrogen and oxygen atoms in total. The number of rotatable bonds is 41. The van der Waals surface area contributed by atoms with Crippen molar-refractivity contribution >= 4 is 92.7 Å². The number of carbonyl (C=O) groups is 10. The highest BCUT2D eigenvalue weighted by atomic mass is 16.5. The summed E-state index contributed by atoms with van der Waals surface area (Å²) in [7, 11) is 4.02. The summed E-state index contributed by atoms with van der Waals surface area (Å²) in [5.41, 5.74) is 42.0. The van der Waals surface area contributed by atoms with Crippen molar-refractivity contribution in [2.75, 3.05) is 75.4 Å². The number of fused-ring (bicyclic) bond motifs is 1. The van der Waals surface area contributed by atoms with Gasteiger partial charge in [0, 0.05) is 46.3 Å². The summed E-state index contributed by atoms with van der Waals surface area (Å²) in [5.74, 6) is -7.26. The van der Waals surface area contributed by atoms with Gasteiger partial charge in [-0.2, -0.15) is 0 Å². The van der Waals surface area contributed by atoms with Gasteiger partial charge >= 0.3 is 0 Å². The summed E-state index contributed by atoms with van der Waals surface area (Å²) in [6.45, 7) is 0.624. The van der Waals surface area contributed by atoms with Crippen LogP contribution < -0.4 is 102 Å². The van der Waals surface area contributed by atoms with Crippen LogP contribution in [0.3, 0.4) is 0 Å². The first-order valence-corrected chi connectivity index (χ1v) is 32.1. The minimum atomic E-state index is -1.27. The lowest BCUT2D eigenvalue weighted by atomic mass is 10.0. The molecule has 0 bridgehead atoms. The number of hydrogen-bond acceptors (Lipinski definition) is 19. The lowest BCUT2D eigenvalue weighted by molar-refractivity contribution is -0.120. The highest BCUT2D eigenvalue weighted by Gasteiger charge is 2.30. The molecule has 0 unspecified atom stereocenters. The molecule has 98 heavy (non-hydrogen) atoms. The monoisotopic (exact) mass is 1350 g/mol. The van der Waals surface area contributed by atoms with E-state index in [2.05, 4.69) is 47.5 Å². The molecule has 0 spiro atoms. The fraction of sp³-hybridized carbons (Fsp3) is 0.382. The molecule has 0 radical (unpaired) electrons. The SMILES string of the molecule is COc1ccc(NC(=O)[C@H](CCCCN)NC(=O)c2cc(NC(=O)[C@H](CCCCN)NC(=O)c3cc(NC(=O)[C@H](CCCCN)NC(=O)c4cc(NC(=O)[C@@H](N)CCCCN)ccc4OC)ccc3OC)ccc2OCC(N)=O)cc1C(=O)N[C@@H](Cc1c[nH]c2ccccc12)C(N)=O. The molecule has 1 aromatic heterocycles. The topological polar surface area (TPSA) is 502 Å². The molecule has 526 valence electrons. The summed E-state index contributed by atoms with van der Waals surface area (Å²) < 4.78 is 22.2. The molecule has 0 fully saturated rings. The minimum Gasteiger partial charge on any atom is -0.496 e. The van der Waals surface area contributed by atoms with Gasteiger partial charge in [-0.3, -0.25) is 47.9 Å². The Kier molecular flexibility index (Phi) is 30.2. The minimum absolute atomic E-state index is 0.00964. The maximum atomic E-state index is 14.5. The Bertz CT molecular complexity index is 3770. The Labute approximate surface area is 567 Å². The van der Waals surface area contributed by atoms with E-state index in [1.807, 2.05) is 24.3 Å². The molecule has 1 heterocycles. The van der Waals surface area contributed by atoms with Crippen LogP contribution in [0.15, 0.2) is 103 Å². The molecule has 0 saturated carbocycles. The second-order valence-corrected chi connectivity index (χ2v) is 23.0. The van der Waals surface area contributed by atoms with Crippen LogP contribution in [-0.4, -0.2) is 148 Å². The number of nitrogens with one attached hydrogen (secondary N) is 9. The number of methoxy groups -OCH3 is 3. The average molecular weight is 1360 g/mol. The lowest BCUT2D eigenvalue weighted by Crippen LogP contribution is -2.46. The van der Waals surface area contributed by atoms with E-state index in [9.17, 15) is 47.9 Å². The first-order valence-electron chi connectivity index (χ1n) is 32.1. The van der Waals surface area contributed by atoms with E-state index in [0.717, 1.165) is 16.5 Å². The highest BCUT2D eigenvalue weighted by Crippen LogP contribution is 2.29. The zero-order valence-corrected chi connectivity index (χ0v) is 55.2. The number of unbranched alkanes of at least 4 members (excludes halogenated alkanes) is 4. The third-order valence-corrected chi connectivity index (χ3v) is 15.8. The van der Waals surface area contributed by atoms with Gasteiger partial charge in [0.25, 0.3) is 29.5 Å². The normalized spacial score (nSPS) is 12.5. The van der Waals surface area contributed by atoms with E-state index in [1.54, 1.807) is 12.3 Å². The van der Waals surface area contributed by atoms with Gasteiger partial charge in [0.15, 0.2) is 6.61 Å². The van der Waals surface area contributed by atoms with Gasteiger partial charge in [-0.1, -0.05) is 24.6 Å². The van der Waals surface area contributed by atoms with Crippen LogP contribution >= 0.6 is 0 Å². The number of aromatic nitrogens is 1. The molecule has 10 amide bonds. The second-order valence-electron chi connectivity index (χ2n) is 23.0. The fourth-order valence-corrected chi connectivity index (χ4v) is 10.5. The van der Waals surface area contributed by atoms with Crippen molar-refractivity contribution in [3.63, 3.8) is 0 Å². The van der Waals surface area contributed by atoms with Crippen LogP contribution in [0.2, 0.25) is 0 Å². The fourth-order valence-electron chi connectivity index (χ4n) is 10.5. The highest BCUT2D eigenvalue weighted by molar-refractivity contribution is 6.08. The van der Waals surface area contributed by atoms with Crippen molar-refractivity contribution in [1.29, 1.82) is 0 Å². The summed E-state index contributed by atoms with van der Waals surface area (Å²) in [4.78, 5) is 141. The Hall–Kier alpha value is -10.7. The Balaban J connectivity index is 1.20. The molecule has 5 aromatic carbocycles. The van der Waals surface area contributed by atoms with Gasteiger partial charge < -0.3 is 107 Å². The van der Waals surface area contributed by atoms with Crippen LogP contribution in [-0.2, 0) is 35.2 Å². The number of amides is 10. The number of ether oxygens (including phenoxy) is 4. The number of hydrogen-bond donors (Lipinski definition) is 16. The summed E-state index contributed by atoms with van der Waals surface area (Å²) in [6, 6.07) is 18.6. The first-order chi connectivity index (χ1) is 47.1. The van der Waals surface area contributed by atoms with Gasteiger partial charge in [-0.25, -0.2) is 0 Å². The predicted molar refractivity (Wildman–Crippen MR) is 370 cm³/mol. The van der Waals surface area contributed by atoms with Crippen molar-refractivity contribution in [3.8, 4) is 23.0 Å². The number of H-pyrrole nitrogens is 1. The van der Waals surface area contributed by atoms with Gasteiger partial charge in [-0.15, -0.1) is 0 Å². The Morgan fingerprint density at radius 3 is 1.14 bits per heavy atom. The molecular formula is C68H90N16O14. The molecule has 0 aliphatic rings. The van der Waals surface area contributed by atoms with Crippen LogP contribution in [0.25, 0.3) is 10.9 Å². The lowest BCUT2D eigenvalue weighted by Gasteiger charge is -2.22. The summed E-state index contributed by atoms with van der Waals surface area (Å²) in [5, 5.41) is 22.8. The van der Waals surface area contributed by atoms with E-state index in [0.29, 0.717) is 70.9 Å². The van der Waals surface area contributed by atoms with Crippen molar-refractivity contribution < 1.29 is 66.9 Å². The predicted octanol–water partition coefficient (Wildman–Crippen LogP) is 2.88. The molecule has 23 N–H and O–H groups in total. The summed E-state index contributed by atoms with van der Waals surface area (Å²) >= 11 is 0. The maximum Gasteiger partial charge on any atom is 0.255 e. The molecule has 6 aromatic rings. The van der Waals surface area contributed by atoms with E-state index in [4.69, 9.17) is 59.1 Å². The Morgan fingerprint density at radius 1 is 0.429 bits per heavy atom. The molecule has 0 aliphatic heterocycles.